The smallest absolute Gasteiger partial charge is 0.251 e. The fourth-order valence-electron chi connectivity index (χ4n) is 2.54. The zero-order valence-corrected chi connectivity index (χ0v) is 12.0. The molecule has 2 rings (SSSR count). The number of hydrogen-bond acceptors (Lipinski definition) is 2. The van der Waals surface area contributed by atoms with Crippen molar-refractivity contribution in [3.8, 4) is 0 Å². The lowest BCUT2D eigenvalue weighted by molar-refractivity contribution is 0.0930. The van der Waals surface area contributed by atoms with E-state index in [-0.39, 0.29) is 5.91 Å². The molecule has 19 heavy (non-hydrogen) atoms. The van der Waals surface area contributed by atoms with Crippen molar-refractivity contribution in [3.05, 3.63) is 35.4 Å². The molecule has 0 spiro atoms. The van der Waals surface area contributed by atoms with Crippen LogP contribution in [0.1, 0.15) is 42.1 Å². The molecular weight excluding hydrogens is 236 g/mol. The van der Waals surface area contributed by atoms with Crippen LogP contribution in [0.3, 0.4) is 0 Å². The van der Waals surface area contributed by atoms with E-state index in [4.69, 9.17) is 0 Å². The van der Waals surface area contributed by atoms with E-state index in [1.165, 1.54) is 37.9 Å². The molecule has 0 aromatic heterocycles. The van der Waals surface area contributed by atoms with Crippen molar-refractivity contribution in [1.82, 2.24) is 10.2 Å². The van der Waals surface area contributed by atoms with Gasteiger partial charge in [-0.3, -0.25) is 9.69 Å². The first-order chi connectivity index (χ1) is 9.16. The molecule has 1 saturated heterocycles. The third-order valence-electron chi connectivity index (χ3n) is 3.89. The molecule has 3 nitrogen and oxygen atoms in total. The Labute approximate surface area is 116 Å². The van der Waals surface area contributed by atoms with Crippen molar-refractivity contribution < 1.29 is 4.79 Å². The SMILES string of the molecule is Cc1ccc(C(=O)NCC(C)N2CCCCC2)cc1. The van der Waals surface area contributed by atoms with Gasteiger partial charge in [-0.25, -0.2) is 0 Å². The van der Waals surface area contributed by atoms with Crippen LogP contribution in [0.2, 0.25) is 0 Å². The molecule has 0 radical (unpaired) electrons. The van der Waals surface area contributed by atoms with Gasteiger partial charge >= 0.3 is 0 Å². The third-order valence-corrected chi connectivity index (χ3v) is 3.89. The summed E-state index contributed by atoms with van der Waals surface area (Å²) in [5.41, 5.74) is 1.93. The number of carbonyl (C=O) groups excluding carboxylic acids is 1. The second kappa shape index (κ2) is 6.71. The molecule has 104 valence electrons. The van der Waals surface area contributed by atoms with Crippen molar-refractivity contribution in [3.63, 3.8) is 0 Å². The number of rotatable bonds is 4. The van der Waals surface area contributed by atoms with Gasteiger partial charge in [0.2, 0.25) is 0 Å². The Morgan fingerprint density at radius 1 is 1.21 bits per heavy atom. The van der Waals surface area contributed by atoms with Crippen LogP contribution in [0.25, 0.3) is 0 Å². The summed E-state index contributed by atoms with van der Waals surface area (Å²) in [6.45, 7) is 7.29. The maximum Gasteiger partial charge on any atom is 0.251 e. The molecular formula is C16H24N2O. The molecule has 0 saturated carbocycles. The standard InChI is InChI=1S/C16H24N2O/c1-13-6-8-15(9-7-13)16(19)17-12-14(2)18-10-4-3-5-11-18/h6-9,14H,3-5,10-12H2,1-2H3,(H,17,19). The number of hydrogen-bond donors (Lipinski definition) is 1. The number of nitrogens with zero attached hydrogens (tertiary/aromatic N) is 1. The van der Waals surface area contributed by atoms with Gasteiger partial charge in [0.05, 0.1) is 0 Å². The largest absolute Gasteiger partial charge is 0.350 e. The quantitative estimate of drug-likeness (QED) is 0.902. The van der Waals surface area contributed by atoms with Gasteiger partial charge in [0.1, 0.15) is 0 Å². The monoisotopic (exact) mass is 260 g/mol. The number of benzene rings is 1. The summed E-state index contributed by atoms with van der Waals surface area (Å²) in [5.74, 6) is 0.0314. The predicted octanol–water partition coefficient (Wildman–Crippen LogP) is 2.60. The first kappa shape index (κ1) is 14.1. The summed E-state index contributed by atoms with van der Waals surface area (Å²) in [6.07, 6.45) is 3.92. The van der Waals surface area contributed by atoms with Gasteiger partial charge < -0.3 is 5.32 Å². The summed E-state index contributed by atoms with van der Waals surface area (Å²) in [6, 6.07) is 8.15. The van der Waals surface area contributed by atoms with Crippen LogP contribution in [-0.4, -0.2) is 36.5 Å². The van der Waals surface area contributed by atoms with Crippen molar-refractivity contribution >= 4 is 5.91 Å². The Kier molecular flexibility index (Phi) is 4.97. The Morgan fingerprint density at radius 3 is 2.47 bits per heavy atom. The van der Waals surface area contributed by atoms with Crippen molar-refractivity contribution in [2.45, 2.75) is 39.2 Å². The lowest BCUT2D eigenvalue weighted by Gasteiger charge is -2.32. The molecule has 1 aromatic carbocycles. The number of amides is 1. The maximum absolute atomic E-state index is 12.0. The van der Waals surface area contributed by atoms with Crippen LogP contribution >= 0.6 is 0 Å². The van der Waals surface area contributed by atoms with E-state index >= 15 is 0 Å². The normalized spacial score (nSPS) is 18.0. The summed E-state index contributed by atoms with van der Waals surface area (Å²) in [7, 11) is 0. The Bertz CT molecular complexity index is 407. The maximum atomic E-state index is 12.0. The highest BCUT2D eigenvalue weighted by molar-refractivity contribution is 5.94. The van der Waals surface area contributed by atoms with Crippen LogP contribution in [0.4, 0.5) is 0 Å². The Balaban J connectivity index is 1.81. The molecule has 1 atom stereocenters. The number of piperidine rings is 1. The van der Waals surface area contributed by atoms with E-state index in [0.29, 0.717) is 6.04 Å². The predicted molar refractivity (Wildman–Crippen MR) is 78.4 cm³/mol. The molecule has 1 heterocycles. The summed E-state index contributed by atoms with van der Waals surface area (Å²) in [5, 5.41) is 3.03. The van der Waals surface area contributed by atoms with E-state index in [0.717, 1.165) is 12.1 Å². The number of likely N-dealkylation sites (tertiary alicyclic amines) is 1. The van der Waals surface area contributed by atoms with Crippen molar-refractivity contribution in [2.24, 2.45) is 0 Å². The molecule has 1 fully saturated rings. The van der Waals surface area contributed by atoms with Gasteiger partial charge in [0, 0.05) is 18.2 Å². The van der Waals surface area contributed by atoms with E-state index in [1.807, 2.05) is 31.2 Å². The van der Waals surface area contributed by atoms with Crippen molar-refractivity contribution in [1.29, 1.82) is 0 Å². The van der Waals surface area contributed by atoms with Crippen molar-refractivity contribution in [2.75, 3.05) is 19.6 Å². The molecule has 0 aliphatic carbocycles. The number of nitrogens with one attached hydrogen (secondary N) is 1. The average Bonchev–Trinajstić information content (AvgIpc) is 2.46. The van der Waals surface area contributed by atoms with E-state index in [1.54, 1.807) is 0 Å². The van der Waals surface area contributed by atoms with Crippen LogP contribution in [0.15, 0.2) is 24.3 Å². The minimum atomic E-state index is 0.0314. The minimum Gasteiger partial charge on any atom is -0.350 e. The fraction of sp³-hybridized carbons (Fsp3) is 0.562. The summed E-state index contributed by atoms with van der Waals surface area (Å²) < 4.78 is 0. The molecule has 1 aliphatic rings. The van der Waals surface area contributed by atoms with E-state index in [9.17, 15) is 4.79 Å². The summed E-state index contributed by atoms with van der Waals surface area (Å²) >= 11 is 0. The van der Waals surface area contributed by atoms with Gasteiger partial charge in [-0.1, -0.05) is 24.1 Å². The molecule has 1 aliphatic heterocycles. The lowest BCUT2D eigenvalue weighted by Crippen LogP contribution is -2.44. The van der Waals surface area contributed by atoms with Crippen LogP contribution in [0, 0.1) is 6.92 Å². The Hall–Kier alpha value is -1.35. The zero-order chi connectivity index (χ0) is 13.7. The topological polar surface area (TPSA) is 32.3 Å². The molecule has 0 bridgehead atoms. The third kappa shape index (κ3) is 4.06. The zero-order valence-electron chi connectivity index (χ0n) is 12.0. The van der Waals surface area contributed by atoms with Gasteiger partial charge in [-0.2, -0.15) is 0 Å². The van der Waals surface area contributed by atoms with E-state index < -0.39 is 0 Å². The molecule has 1 amide bonds. The average molecular weight is 260 g/mol. The van der Waals surface area contributed by atoms with Gasteiger partial charge in [-0.05, 0) is 51.9 Å². The highest BCUT2D eigenvalue weighted by atomic mass is 16.1. The molecule has 1 N–H and O–H groups in total. The second-order valence-corrected chi connectivity index (χ2v) is 5.52. The molecule has 1 unspecified atom stereocenters. The van der Waals surface area contributed by atoms with Crippen LogP contribution in [-0.2, 0) is 0 Å². The minimum absolute atomic E-state index is 0.0314. The molecule has 3 heteroatoms. The lowest BCUT2D eigenvalue weighted by atomic mass is 10.1. The first-order valence-corrected chi connectivity index (χ1v) is 7.26. The van der Waals surface area contributed by atoms with Crippen LogP contribution < -0.4 is 5.32 Å². The highest BCUT2D eigenvalue weighted by Gasteiger charge is 2.17. The molecule has 1 aromatic rings. The van der Waals surface area contributed by atoms with Gasteiger partial charge in [0.25, 0.3) is 5.91 Å². The van der Waals surface area contributed by atoms with Gasteiger partial charge in [0.15, 0.2) is 0 Å². The highest BCUT2D eigenvalue weighted by Crippen LogP contribution is 2.11. The van der Waals surface area contributed by atoms with Gasteiger partial charge in [-0.15, -0.1) is 0 Å². The number of carbonyl (C=O) groups is 1. The number of aryl methyl sites for hydroxylation is 1. The second-order valence-electron chi connectivity index (χ2n) is 5.52. The van der Waals surface area contributed by atoms with Crippen LogP contribution in [0.5, 0.6) is 0 Å². The fourth-order valence-corrected chi connectivity index (χ4v) is 2.54. The first-order valence-electron chi connectivity index (χ1n) is 7.26. The Morgan fingerprint density at radius 2 is 1.84 bits per heavy atom. The van der Waals surface area contributed by atoms with E-state index in [2.05, 4.69) is 17.1 Å². The summed E-state index contributed by atoms with van der Waals surface area (Å²) in [4.78, 5) is 14.5.